The monoisotopic (exact) mass is 366 g/mol. The normalized spacial score (nSPS) is 21.6. The Morgan fingerprint density at radius 3 is 3.18 bits per heavy atom. The molecule has 0 spiro atoms. The Balaban J connectivity index is 2.02. The summed E-state index contributed by atoms with van der Waals surface area (Å²) in [5.74, 6) is 0.370. The highest BCUT2D eigenvalue weighted by molar-refractivity contribution is 14.1. The number of carbonyl (C=O) groups excluding carboxylic acids is 1. The van der Waals surface area contributed by atoms with E-state index in [9.17, 15) is 4.79 Å². The van der Waals surface area contributed by atoms with Crippen LogP contribution in [0.5, 0.6) is 0 Å². The van der Waals surface area contributed by atoms with Gasteiger partial charge in [0.1, 0.15) is 5.01 Å². The number of rotatable bonds is 4. The summed E-state index contributed by atoms with van der Waals surface area (Å²) in [5.41, 5.74) is 0. The quantitative estimate of drug-likeness (QED) is 0.602. The molecule has 8 heteroatoms. The summed E-state index contributed by atoms with van der Waals surface area (Å²) in [4.78, 5) is 20.1. The van der Waals surface area contributed by atoms with Crippen molar-refractivity contribution in [2.45, 2.75) is 6.04 Å². The molecule has 17 heavy (non-hydrogen) atoms. The molecule has 1 aliphatic rings. The van der Waals surface area contributed by atoms with Crippen molar-refractivity contribution in [1.29, 1.82) is 0 Å². The predicted molar refractivity (Wildman–Crippen MR) is 73.0 cm³/mol. The highest BCUT2D eigenvalue weighted by atomic mass is 127. The number of aromatic nitrogens is 1. The highest BCUT2D eigenvalue weighted by Crippen LogP contribution is 2.23. The van der Waals surface area contributed by atoms with E-state index in [0.29, 0.717) is 19.1 Å². The maximum Gasteiger partial charge on any atom is 0.256 e. The second-order valence-corrected chi connectivity index (χ2v) is 6.25. The molecule has 1 atom stereocenters. The molecule has 0 saturated carbocycles. The van der Waals surface area contributed by atoms with Crippen LogP contribution in [0.3, 0.4) is 0 Å². The van der Waals surface area contributed by atoms with Gasteiger partial charge >= 0.3 is 0 Å². The number of nitrogens with one attached hydrogen (secondary N) is 2. The standard InChI is InChI=1S/C9H11IN4O2S/c1-16-3-2-11-9-13-6(7(15)14-9)8-12-4-5(10)17-8/h4,6H,2-3H2,1H3,(H2,11,13,14,15). The number of hydrogen-bond donors (Lipinski definition) is 2. The first kappa shape index (κ1) is 12.7. The van der Waals surface area contributed by atoms with Crippen molar-refractivity contribution in [3.8, 4) is 0 Å². The topological polar surface area (TPSA) is 75.6 Å². The zero-order valence-corrected chi connectivity index (χ0v) is 12.0. The van der Waals surface area contributed by atoms with E-state index in [-0.39, 0.29) is 5.91 Å². The SMILES string of the molecule is COCCN=C1NC(=O)C(c2ncc(I)s2)N1. The van der Waals surface area contributed by atoms with Gasteiger partial charge in [0.2, 0.25) is 0 Å². The molecule has 1 amide bonds. The summed E-state index contributed by atoms with van der Waals surface area (Å²) in [6.45, 7) is 1.04. The van der Waals surface area contributed by atoms with Crippen LogP contribution in [0.15, 0.2) is 11.2 Å². The second kappa shape index (κ2) is 5.74. The van der Waals surface area contributed by atoms with Gasteiger partial charge in [-0.2, -0.15) is 0 Å². The Hall–Kier alpha value is -0.740. The minimum absolute atomic E-state index is 0.119. The Bertz CT molecular complexity index is 448. The van der Waals surface area contributed by atoms with Gasteiger partial charge in [0, 0.05) is 7.11 Å². The molecule has 0 aromatic carbocycles. The fraction of sp³-hybridized carbons (Fsp3) is 0.444. The number of aliphatic imine (C=N–C) groups is 1. The Kier molecular flexibility index (Phi) is 4.29. The van der Waals surface area contributed by atoms with Crippen LogP contribution in [-0.2, 0) is 9.53 Å². The van der Waals surface area contributed by atoms with E-state index < -0.39 is 6.04 Å². The summed E-state index contributed by atoms with van der Waals surface area (Å²) < 4.78 is 5.94. The minimum Gasteiger partial charge on any atom is -0.383 e. The third-order valence-corrected chi connectivity index (χ3v) is 3.88. The molecule has 0 aliphatic carbocycles. The van der Waals surface area contributed by atoms with Crippen molar-refractivity contribution >= 4 is 45.8 Å². The van der Waals surface area contributed by atoms with Gasteiger partial charge in [0.15, 0.2) is 12.0 Å². The Morgan fingerprint density at radius 2 is 2.53 bits per heavy atom. The minimum atomic E-state index is -0.426. The third-order valence-electron chi connectivity index (χ3n) is 2.09. The van der Waals surface area contributed by atoms with Crippen LogP contribution in [0.25, 0.3) is 0 Å². The summed E-state index contributed by atoms with van der Waals surface area (Å²) >= 11 is 3.67. The van der Waals surface area contributed by atoms with Crippen molar-refractivity contribution in [3.05, 3.63) is 14.1 Å². The molecule has 1 aromatic heterocycles. The van der Waals surface area contributed by atoms with E-state index in [1.807, 2.05) is 0 Å². The van der Waals surface area contributed by atoms with Crippen LogP contribution >= 0.6 is 33.9 Å². The first-order chi connectivity index (χ1) is 8.20. The lowest BCUT2D eigenvalue weighted by Gasteiger charge is -2.02. The zero-order chi connectivity index (χ0) is 12.3. The largest absolute Gasteiger partial charge is 0.383 e. The number of nitrogens with zero attached hydrogens (tertiary/aromatic N) is 2. The van der Waals surface area contributed by atoms with Crippen molar-refractivity contribution in [2.75, 3.05) is 20.3 Å². The Morgan fingerprint density at radius 1 is 1.71 bits per heavy atom. The first-order valence-electron chi connectivity index (χ1n) is 4.92. The van der Waals surface area contributed by atoms with Gasteiger partial charge in [0.25, 0.3) is 5.91 Å². The van der Waals surface area contributed by atoms with Gasteiger partial charge < -0.3 is 10.1 Å². The van der Waals surface area contributed by atoms with Crippen LogP contribution in [0.2, 0.25) is 0 Å². The third kappa shape index (κ3) is 3.13. The van der Waals surface area contributed by atoms with E-state index in [4.69, 9.17) is 4.74 Å². The fourth-order valence-corrected chi connectivity index (χ4v) is 2.85. The number of guanidine groups is 1. The molecule has 2 heterocycles. The van der Waals surface area contributed by atoms with Crippen LogP contribution in [0.4, 0.5) is 0 Å². The smallest absolute Gasteiger partial charge is 0.256 e. The van der Waals surface area contributed by atoms with Gasteiger partial charge in [-0.1, -0.05) is 0 Å². The molecular weight excluding hydrogens is 355 g/mol. The average Bonchev–Trinajstić information content (AvgIpc) is 2.85. The number of methoxy groups -OCH3 is 1. The lowest BCUT2D eigenvalue weighted by molar-refractivity contribution is -0.120. The molecule has 1 saturated heterocycles. The molecule has 1 fully saturated rings. The first-order valence-corrected chi connectivity index (χ1v) is 6.82. The van der Waals surface area contributed by atoms with Gasteiger partial charge in [-0.25, -0.2) is 4.98 Å². The van der Waals surface area contributed by atoms with Crippen molar-refractivity contribution in [3.63, 3.8) is 0 Å². The van der Waals surface area contributed by atoms with Gasteiger partial charge in [-0.15, -0.1) is 11.3 Å². The van der Waals surface area contributed by atoms with Crippen molar-refractivity contribution in [2.24, 2.45) is 4.99 Å². The molecule has 0 bridgehead atoms. The van der Waals surface area contributed by atoms with E-state index in [1.165, 1.54) is 11.3 Å². The molecule has 6 nitrogen and oxygen atoms in total. The number of hydrogen-bond acceptors (Lipinski definition) is 5. The summed E-state index contributed by atoms with van der Waals surface area (Å²) in [6.07, 6.45) is 1.75. The molecule has 0 radical (unpaired) electrons. The number of halogens is 1. The predicted octanol–water partition coefficient (Wildman–Crippen LogP) is 0.511. The van der Waals surface area contributed by atoms with Gasteiger partial charge in [-0.3, -0.25) is 15.1 Å². The molecule has 1 aliphatic heterocycles. The van der Waals surface area contributed by atoms with Crippen LogP contribution < -0.4 is 10.6 Å². The maximum atomic E-state index is 11.7. The lowest BCUT2D eigenvalue weighted by Crippen LogP contribution is -2.26. The van der Waals surface area contributed by atoms with Crippen molar-refractivity contribution in [1.82, 2.24) is 15.6 Å². The number of carbonyl (C=O) groups is 1. The fourth-order valence-electron chi connectivity index (χ4n) is 1.34. The summed E-state index contributed by atoms with van der Waals surface area (Å²) in [5, 5.41) is 6.44. The van der Waals surface area contributed by atoms with Gasteiger partial charge in [0.05, 0.1) is 22.2 Å². The molecule has 1 aromatic rings. The Labute approximate surface area is 116 Å². The van der Waals surface area contributed by atoms with E-state index >= 15 is 0 Å². The summed E-state index contributed by atoms with van der Waals surface area (Å²) in [7, 11) is 1.61. The molecular formula is C9H11IN4O2S. The molecule has 2 rings (SSSR count). The van der Waals surface area contributed by atoms with Gasteiger partial charge in [-0.05, 0) is 22.6 Å². The number of thiazole rings is 1. The molecule has 1 unspecified atom stereocenters. The number of ether oxygens (including phenoxy) is 1. The van der Waals surface area contributed by atoms with E-state index in [1.54, 1.807) is 13.3 Å². The summed E-state index contributed by atoms with van der Waals surface area (Å²) in [6, 6.07) is -0.426. The number of amides is 1. The lowest BCUT2D eigenvalue weighted by atomic mass is 10.3. The molecule has 2 N–H and O–H groups in total. The zero-order valence-electron chi connectivity index (χ0n) is 9.07. The van der Waals surface area contributed by atoms with Crippen LogP contribution in [0, 0.1) is 2.88 Å². The highest BCUT2D eigenvalue weighted by Gasteiger charge is 2.31. The average molecular weight is 366 g/mol. The maximum absolute atomic E-state index is 11.7. The van der Waals surface area contributed by atoms with Crippen LogP contribution in [0.1, 0.15) is 11.0 Å². The molecule has 92 valence electrons. The second-order valence-electron chi connectivity index (χ2n) is 3.29. The van der Waals surface area contributed by atoms with Crippen molar-refractivity contribution < 1.29 is 9.53 Å². The van der Waals surface area contributed by atoms with Crippen LogP contribution in [-0.4, -0.2) is 37.1 Å². The van der Waals surface area contributed by atoms with E-state index in [2.05, 4.69) is 43.2 Å². The van der Waals surface area contributed by atoms with E-state index in [0.717, 1.165) is 7.89 Å².